The number of hydrogen-bond donors (Lipinski definition) is 1. The maximum atomic E-state index is 13.9. The van der Waals surface area contributed by atoms with Crippen LogP contribution < -0.4 is 5.32 Å². The fourth-order valence-electron chi connectivity index (χ4n) is 1.70. The topological polar surface area (TPSA) is 63.8 Å². The average Bonchev–Trinajstić information content (AvgIpc) is 2.68. The molecule has 0 fully saturated rings. The molecule has 0 unspecified atom stereocenters. The number of rotatable bonds is 4. The SMILES string of the molecule is CCc1ncnc(NCc2c(C)noc2C)c1F. The summed E-state index contributed by atoms with van der Waals surface area (Å²) in [6.07, 6.45) is 1.89. The smallest absolute Gasteiger partial charge is 0.186 e. The Morgan fingerprint density at radius 3 is 2.72 bits per heavy atom. The lowest BCUT2D eigenvalue weighted by Gasteiger charge is -2.07. The van der Waals surface area contributed by atoms with Crippen LogP contribution in [0.3, 0.4) is 0 Å². The first-order chi connectivity index (χ1) is 8.63. The zero-order chi connectivity index (χ0) is 13.1. The lowest BCUT2D eigenvalue weighted by molar-refractivity contribution is 0.392. The third-order valence-corrected chi connectivity index (χ3v) is 2.81. The number of anilines is 1. The van der Waals surface area contributed by atoms with E-state index in [1.807, 2.05) is 20.8 Å². The van der Waals surface area contributed by atoms with Crippen LogP contribution in [0.2, 0.25) is 0 Å². The summed E-state index contributed by atoms with van der Waals surface area (Å²) in [6.45, 7) is 5.95. The van der Waals surface area contributed by atoms with Gasteiger partial charge in [0.1, 0.15) is 12.1 Å². The molecule has 0 aliphatic rings. The minimum Gasteiger partial charge on any atom is -0.363 e. The summed E-state index contributed by atoms with van der Waals surface area (Å²) in [5.41, 5.74) is 2.13. The number of nitrogens with one attached hydrogen (secondary N) is 1. The second-order valence-corrected chi connectivity index (χ2v) is 3.99. The monoisotopic (exact) mass is 250 g/mol. The molecule has 0 aromatic carbocycles. The van der Waals surface area contributed by atoms with Crippen LogP contribution in [-0.2, 0) is 13.0 Å². The summed E-state index contributed by atoms with van der Waals surface area (Å²) < 4.78 is 18.9. The van der Waals surface area contributed by atoms with Gasteiger partial charge in [-0.05, 0) is 20.3 Å². The van der Waals surface area contributed by atoms with Crippen molar-refractivity contribution in [2.75, 3.05) is 5.32 Å². The van der Waals surface area contributed by atoms with Crippen LogP contribution in [0.5, 0.6) is 0 Å². The van der Waals surface area contributed by atoms with Gasteiger partial charge < -0.3 is 9.84 Å². The molecule has 0 saturated heterocycles. The Bertz CT molecular complexity index is 534. The van der Waals surface area contributed by atoms with Gasteiger partial charge in [-0.3, -0.25) is 0 Å². The highest BCUT2D eigenvalue weighted by Gasteiger charge is 2.12. The van der Waals surface area contributed by atoms with E-state index in [-0.39, 0.29) is 5.82 Å². The predicted octanol–water partition coefficient (Wildman–Crippen LogP) is 2.40. The molecule has 2 aromatic heterocycles. The molecule has 0 spiro atoms. The van der Waals surface area contributed by atoms with Crippen molar-refractivity contribution in [3.8, 4) is 0 Å². The summed E-state index contributed by atoms with van der Waals surface area (Å²) in [6, 6.07) is 0. The lowest BCUT2D eigenvalue weighted by Crippen LogP contribution is -2.07. The van der Waals surface area contributed by atoms with Crippen molar-refractivity contribution in [3.63, 3.8) is 0 Å². The highest BCUT2D eigenvalue weighted by molar-refractivity contribution is 5.39. The van der Waals surface area contributed by atoms with Crippen molar-refractivity contribution in [1.29, 1.82) is 0 Å². The molecule has 1 N–H and O–H groups in total. The van der Waals surface area contributed by atoms with E-state index >= 15 is 0 Å². The van der Waals surface area contributed by atoms with Crippen molar-refractivity contribution in [2.45, 2.75) is 33.7 Å². The maximum absolute atomic E-state index is 13.9. The highest BCUT2D eigenvalue weighted by atomic mass is 19.1. The zero-order valence-electron chi connectivity index (χ0n) is 10.6. The van der Waals surface area contributed by atoms with Crippen LogP contribution in [0.4, 0.5) is 10.2 Å². The molecular weight excluding hydrogens is 235 g/mol. The summed E-state index contributed by atoms with van der Waals surface area (Å²) in [4.78, 5) is 7.78. The van der Waals surface area contributed by atoms with Crippen LogP contribution in [0, 0.1) is 19.7 Å². The molecule has 0 atom stereocenters. The fraction of sp³-hybridized carbons (Fsp3) is 0.417. The van der Waals surface area contributed by atoms with E-state index in [9.17, 15) is 4.39 Å². The van der Waals surface area contributed by atoms with Gasteiger partial charge in [0.2, 0.25) is 0 Å². The van der Waals surface area contributed by atoms with Gasteiger partial charge in [0.25, 0.3) is 0 Å². The number of aryl methyl sites for hydroxylation is 3. The standard InChI is InChI=1S/C12H15FN4O/c1-4-10-11(13)12(16-6-15-10)14-5-9-7(2)17-18-8(9)3/h6H,4-5H2,1-3H3,(H,14,15,16). The maximum Gasteiger partial charge on any atom is 0.186 e. The van der Waals surface area contributed by atoms with Gasteiger partial charge >= 0.3 is 0 Å². The molecule has 5 nitrogen and oxygen atoms in total. The third-order valence-electron chi connectivity index (χ3n) is 2.81. The average molecular weight is 250 g/mol. The quantitative estimate of drug-likeness (QED) is 0.902. The first-order valence-corrected chi connectivity index (χ1v) is 5.78. The van der Waals surface area contributed by atoms with Crippen LogP contribution in [0.15, 0.2) is 10.9 Å². The Labute approximate surface area is 104 Å². The number of hydrogen-bond acceptors (Lipinski definition) is 5. The number of halogens is 1. The summed E-state index contributed by atoms with van der Waals surface area (Å²) in [5.74, 6) is 0.541. The molecule has 0 radical (unpaired) electrons. The minimum atomic E-state index is -0.397. The van der Waals surface area contributed by atoms with E-state index in [0.29, 0.717) is 18.7 Å². The molecule has 0 saturated carbocycles. The summed E-state index contributed by atoms with van der Waals surface area (Å²) in [7, 11) is 0. The van der Waals surface area contributed by atoms with Crippen molar-refractivity contribution in [2.24, 2.45) is 0 Å². The molecule has 0 aliphatic carbocycles. The summed E-state index contributed by atoms with van der Waals surface area (Å²) >= 11 is 0. The lowest BCUT2D eigenvalue weighted by atomic mass is 10.2. The van der Waals surface area contributed by atoms with E-state index in [4.69, 9.17) is 4.52 Å². The van der Waals surface area contributed by atoms with Gasteiger partial charge in [0, 0.05) is 12.1 Å². The van der Waals surface area contributed by atoms with E-state index in [2.05, 4.69) is 20.4 Å². The van der Waals surface area contributed by atoms with Crippen LogP contribution in [0.1, 0.15) is 29.6 Å². The Hall–Kier alpha value is -1.98. The molecule has 2 aromatic rings. The van der Waals surface area contributed by atoms with Crippen molar-refractivity contribution in [1.82, 2.24) is 15.1 Å². The molecule has 0 aliphatic heterocycles. The Kier molecular flexibility index (Phi) is 3.55. The zero-order valence-corrected chi connectivity index (χ0v) is 10.6. The molecule has 2 rings (SSSR count). The number of aromatic nitrogens is 3. The third kappa shape index (κ3) is 2.32. The minimum absolute atomic E-state index is 0.210. The van der Waals surface area contributed by atoms with E-state index in [1.54, 1.807) is 0 Å². The number of nitrogens with zero attached hydrogens (tertiary/aromatic N) is 3. The molecule has 2 heterocycles. The molecular formula is C12H15FN4O. The van der Waals surface area contributed by atoms with Gasteiger partial charge in [-0.25, -0.2) is 14.4 Å². The normalized spacial score (nSPS) is 10.7. The van der Waals surface area contributed by atoms with Gasteiger partial charge in [-0.15, -0.1) is 0 Å². The Morgan fingerprint density at radius 2 is 2.11 bits per heavy atom. The van der Waals surface area contributed by atoms with E-state index in [1.165, 1.54) is 6.33 Å². The molecule has 6 heteroatoms. The molecule has 0 bridgehead atoms. The highest BCUT2D eigenvalue weighted by Crippen LogP contribution is 2.17. The van der Waals surface area contributed by atoms with Gasteiger partial charge in [0.15, 0.2) is 11.6 Å². The molecule has 96 valence electrons. The first-order valence-electron chi connectivity index (χ1n) is 5.78. The van der Waals surface area contributed by atoms with Gasteiger partial charge in [0.05, 0.1) is 11.4 Å². The van der Waals surface area contributed by atoms with Crippen molar-refractivity contribution >= 4 is 5.82 Å². The second-order valence-electron chi connectivity index (χ2n) is 3.99. The Balaban J connectivity index is 2.16. The van der Waals surface area contributed by atoms with Crippen LogP contribution >= 0.6 is 0 Å². The van der Waals surface area contributed by atoms with E-state index < -0.39 is 5.82 Å². The second kappa shape index (κ2) is 5.12. The van der Waals surface area contributed by atoms with Crippen molar-refractivity contribution in [3.05, 3.63) is 34.9 Å². The van der Waals surface area contributed by atoms with E-state index in [0.717, 1.165) is 17.0 Å². The van der Waals surface area contributed by atoms with Crippen LogP contribution in [-0.4, -0.2) is 15.1 Å². The first kappa shape index (κ1) is 12.5. The van der Waals surface area contributed by atoms with Crippen LogP contribution in [0.25, 0.3) is 0 Å². The molecule has 0 amide bonds. The fourth-order valence-corrected chi connectivity index (χ4v) is 1.70. The predicted molar refractivity (Wildman–Crippen MR) is 64.7 cm³/mol. The van der Waals surface area contributed by atoms with Gasteiger partial charge in [-0.1, -0.05) is 12.1 Å². The Morgan fingerprint density at radius 1 is 1.33 bits per heavy atom. The van der Waals surface area contributed by atoms with Crippen molar-refractivity contribution < 1.29 is 8.91 Å². The summed E-state index contributed by atoms with van der Waals surface area (Å²) in [5, 5.41) is 6.79. The molecule has 18 heavy (non-hydrogen) atoms. The van der Waals surface area contributed by atoms with Gasteiger partial charge in [-0.2, -0.15) is 0 Å². The largest absolute Gasteiger partial charge is 0.363 e.